The average Bonchev–Trinajstić information content (AvgIpc) is 2.52. The van der Waals surface area contributed by atoms with E-state index >= 15 is 0 Å². The molecule has 2 aromatic heterocycles. The third-order valence-corrected chi connectivity index (χ3v) is 2.06. The second kappa shape index (κ2) is 3.47. The lowest BCUT2D eigenvalue weighted by Gasteiger charge is -1.94. The van der Waals surface area contributed by atoms with Gasteiger partial charge in [-0.1, -0.05) is 0 Å². The summed E-state index contributed by atoms with van der Waals surface area (Å²) in [6, 6.07) is 5.34. The number of aromatic nitrogens is 2. The zero-order chi connectivity index (χ0) is 9.26. The third-order valence-electron chi connectivity index (χ3n) is 1.45. The lowest BCUT2D eigenvalue weighted by Crippen LogP contribution is -1.83. The van der Waals surface area contributed by atoms with Crippen molar-refractivity contribution in [3.63, 3.8) is 0 Å². The topological polar surface area (TPSA) is 38.9 Å². The van der Waals surface area contributed by atoms with Crippen LogP contribution in [0.1, 0.15) is 0 Å². The SMILES string of the molecule is Clc1nccc(-c2ccc(Br)o2)n1. The lowest BCUT2D eigenvalue weighted by atomic mass is 10.3. The van der Waals surface area contributed by atoms with Crippen molar-refractivity contribution in [1.82, 2.24) is 9.97 Å². The van der Waals surface area contributed by atoms with Gasteiger partial charge in [0.2, 0.25) is 5.28 Å². The van der Waals surface area contributed by atoms with Gasteiger partial charge in [-0.15, -0.1) is 0 Å². The van der Waals surface area contributed by atoms with Crippen molar-refractivity contribution in [1.29, 1.82) is 0 Å². The van der Waals surface area contributed by atoms with Crippen LogP contribution >= 0.6 is 27.5 Å². The summed E-state index contributed by atoms with van der Waals surface area (Å²) in [6.45, 7) is 0. The van der Waals surface area contributed by atoms with Crippen LogP contribution in [0.5, 0.6) is 0 Å². The first kappa shape index (κ1) is 8.72. The molecule has 0 amide bonds. The van der Waals surface area contributed by atoms with E-state index in [0.29, 0.717) is 16.1 Å². The first-order valence-electron chi connectivity index (χ1n) is 3.50. The van der Waals surface area contributed by atoms with Crippen LogP contribution in [0, 0.1) is 0 Å². The second-order valence-corrected chi connectivity index (χ2v) is 3.43. The summed E-state index contributed by atoms with van der Waals surface area (Å²) in [5.41, 5.74) is 0.672. The minimum atomic E-state index is 0.213. The summed E-state index contributed by atoms with van der Waals surface area (Å²) >= 11 is 8.83. The van der Waals surface area contributed by atoms with Crippen molar-refractivity contribution in [2.45, 2.75) is 0 Å². The number of rotatable bonds is 1. The maximum Gasteiger partial charge on any atom is 0.222 e. The smallest absolute Gasteiger partial charge is 0.222 e. The quantitative estimate of drug-likeness (QED) is 0.739. The third kappa shape index (κ3) is 1.89. The molecular weight excluding hydrogens is 255 g/mol. The van der Waals surface area contributed by atoms with Gasteiger partial charge in [-0.3, -0.25) is 0 Å². The van der Waals surface area contributed by atoms with E-state index in [1.807, 2.05) is 6.07 Å². The summed E-state index contributed by atoms with van der Waals surface area (Å²) in [5, 5.41) is 0.213. The molecule has 0 unspecified atom stereocenters. The number of hydrogen-bond acceptors (Lipinski definition) is 3. The van der Waals surface area contributed by atoms with E-state index in [-0.39, 0.29) is 5.28 Å². The average molecular weight is 259 g/mol. The van der Waals surface area contributed by atoms with Gasteiger partial charge < -0.3 is 4.42 Å². The van der Waals surface area contributed by atoms with Gasteiger partial charge in [0.15, 0.2) is 10.4 Å². The van der Waals surface area contributed by atoms with Gasteiger partial charge in [-0.05, 0) is 45.7 Å². The van der Waals surface area contributed by atoms with Crippen molar-refractivity contribution in [2.24, 2.45) is 0 Å². The summed E-state index contributed by atoms with van der Waals surface area (Å²) in [5.74, 6) is 0.663. The Morgan fingerprint density at radius 3 is 2.77 bits per heavy atom. The van der Waals surface area contributed by atoms with Crippen LogP contribution in [-0.2, 0) is 0 Å². The summed E-state index contributed by atoms with van der Waals surface area (Å²) in [4.78, 5) is 7.77. The highest BCUT2D eigenvalue weighted by molar-refractivity contribution is 9.10. The Hall–Kier alpha value is -0.870. The standard InChI is InChI=1S/C8H4BrClN2O/c9-7-2-1-6(13-7)5-3-4-11-8(10)12-5/h1-4H. The van der Waals surface area contributed by atoms with E-state index in [4.69, 9.17) is 16.0 Å². The molecule has 3 nitrogen and oxygen atoms in total. The predicted molar refractivity (Wildman–Crippen MR) is 52.4 cm³/mol. The maximum absolute atomic E-state index is 5.63. The highest BCUT2D eigenvalue weighted by Gasteiger charge is 2.04. The zero-order valence-corrected chi connectivity index (χ0v) is 8.71. The Morgan fingerprint density at radius 1 is 1.31 bits per heavy atom. The molecule has 0 N–H and O–H groups in total. The van der Waals surface area contributed by atoms with Crippen LogP contribution in [0.15, 0.2) is 33.5 Å². The van der Waals surface area contributed by atoms with Gasteiger partial charge in [0, 0.05) is 6.20 Å². The maximum atomic E-state index is 5.63. The van der Waals surface area contributed by atoms with E-state index in [1.165, 1.54) is 0 Å². The van der Waals surface area contributed by atoms with Gasteiger partial charge in [-0.2, -0.15) is 0 Å². The first-order chi connectivity index (χ1) is 6.25. The largest absolute Gasteiger partial charge is 0.448 e. The Labute approximate surface area is 87.9 Å². The minimum absolute atomic E-state index is 0.213. The van der Waals surface area contributed by atoms with Crippen molar-refractivity contribution in [3.05, 3.63) is 34.3 Å². The minimum Gasteiger partial charge on any atom is -0.448 e. The van der Waals surface area contributed by atoms with Crippen LogP contribution in [0.3, 0.4) is 0 Å². The van der Waals surface area contributed by atoms with Crippen molar-refractivity contribution >= 4 is 27.5 Å². The molecule has 2 aromatic rings. The van der Waals surface area contributed by atoms with E-state index in [0.717, 1.165) is 0 Å². The number of hydrogen-bond donors (Lipinski definition) is 0. The molecule has 0 aromatic carbocycles. The van der Waals surface area contributed by atoms with Gasteiger partial charge >= 0.3 is 0 Å². The molecule has 66 valence electrons. The molecule has 2 heterocycles. The van der Waals surface area contributed by atoms with Crippen molar-refractivity contribution < 1.29 is 4.42 Å². The Bertz CT molecular complexity index is 430. The van der Waals surface area contributed by atoms with Gasteiger partial charge in [0.25, 0.3) is 0 Å². The van der Waals surface area contributed by atoms with Crippen molar-refractivity contribution in [2.75, 3.05) is 0 Å². The molecule has 0 atom stereocenters. The van der Waals surface area contributed by atoms with Crippen molar-refractivity contribution in [3.8, 4) is 11.5 Å². The monoisotopic (exact) mass is 258 g/mol. The molecule has 0 saturated carbocycles. The molecule has 5 heteroatoms. The molecule has 0 bridgehead atoms. The molecule has 0 saturated heterocycles. The molecule has 0 aliphatic rings. The highest BCUT2D eigenvalue weighted by Crippen LogP contribution is 2.23. The number of furan rings is 1. The fourth-order valence-electron chi connectivity index (χ4n) is 0.924. The Kier molecular flexibility index (Phi) is 2.33. The first-order valence-corrected chi connectivity index (χ1v) is 4.67. The zero-order valence-electron chi connectivity index (χ0n) is 6.37. The van der Waals surface area contributed by atoms with E-state index in [9.17, 15) is 0 Å². The van der Waals surface area contributed by atoms with E-state index in [1.54, 1.807) is 18.3 Å². The molecule has 0 aliphatic heterocycles. The molecule has 0 spiro atoms. The molecule has 2 rings (SSSR count). The van der Waals surface area contributed by atoms with Crippen LogP contribution in [0.2, 0.25) is 5.28 Å². The molecule has 0 radical (unpaired) electrons. The predicted octanol–water partition coefficient (Wildman–Crippen LogP) is 3.15. The van der Waals surface area contributed by atoms with Crippen LogP contribution in [0.4, 0.5) is 0 Å². The second-order valence-electron chi connectivity index (χ2n) is 2.31. The van der Waals surface area contributed by atoms with Crippen LogP contribution in [0.25, 0.3) is 11.5 Å². The Balaban J connectivity index is 2.46. The summed E-state index contributed by atoms with van der Waals surface area (Å²) in [7, 11) is 0. The van der Waals surface area contributed by atoms with Gasteiger partial charge in [0.1, 0.15) is 5.69 Å². The highest BCUT2D eigenvalue weighted by atomic mass is 79.9. The lowest BCUT2D eigenvalue weighted by molar-refractivity contribution is 0.553. The fraction of sp³-hybridized carbons (Fsp3) is 0. The summed E-state index contributed by atoms with van der Waals surface area (Å²) < 4.78 is 5.96. The molecule has 0 aliphatic carbocycles. The van der Waals surface area contributed by atoms with E-state index in [2.05, 4.69) is 25.9 Å². The van der Waals surface area contributed by atoms with E-state index < -0.39 is 0 Å². The summed E-state index contributed by atoms with van der Waals surface area (Å²) in [6.07, 6.45) is 1.58. The number of nitrogens with zero attached hydrogens (tertiary/aromatic N) is 2. The van der Waals surface area contributed by atoms with Crippen LogP contribution in [-0.4, -0.2) is 9.97 Å². The van der Waals surface area contributed by atoms with Gasteiger partial charge in [0.05, 0.1) is 0 Å². The molecule has 13 heavy (non-hydrogen) atoms. The van der Waals surface area contributed by atoms with Crippen LogP contribution < -0.4 is 0 Å². The van der Waals surface area contributed by atoms with Gasteiger partial charge in [-0.25, -0.2) is 9.97 Å². The molecular formula is C8H4BrClN2O. The fourth-order valence-corrected chi connectivity index (χ4v) is 1.38. The normalized spacial score (nSPS) is 10.3. The Morgan fingerprint density at radius 2 is 2.15 bits per heavy atom. The number of halogens is 2. The molecule has 0 fully saturated rings.